The highest BCUT2D eigenvalue weighted by molar-refractivity contribution is 6.03. The number of fused-ring (bicyclic) bond motifs is 1. The summed E-state index contributed by atoms with van der Waals surface area (Å²) in [6.45, 7) is 6.39. The van der Waals surface area contributed by atoms with Crippen molar-refractivity contribution < 1.29 is 4.79 Å². The largest absolute Gasteiger partial charge is 0.320 e. The molecule has 0 atom stereocenters. The molecule has 2 heterocycles. The van der Waals surface area contributed by atoms with Crippen LogP contribution in [0.2, 0.25) is 0 Å². The van der Waals surface area contributed by atoms with Gasteiger partial charge in [0.1, 0.15) is 5.69 Å². The number of benzene rings is 1. The number of amides is 1. The van der Waals surface area contributed by atoms with Crippen LogP contribution in [0.5, 0.6) is 0 Å². The first kappa shape index (κ1) is 13.8. The van der Waals surface area contributed by atoms with Gasteiger partial charge in [0.2, 0.25) is 0 Å². The average molecular weight is 284 g/mol. The molecule has 0 bridgehead atoms. The number of hydrogen-bond acceptors (Lipinski definition) is 3. The van der Waals surface area contributed by atoms with E-state index in [-0.39, 0.29) is 5.91 Å². The van der Waals surface area contributed by atoms with E-state index in [4.69, 9.17) is 0 Å². The monoisotopic (exact) mass is 284 g/mol. The summed E-state index contributed by atoms with van der Waals surface area (Å²) in [5, 5.41) is 10.7. The average Bonchev–Trinajstić information content (AvgIpc) is 2.89. The van der Waals surface area contributed by atoms with Crippen LogP contribution in [0.1, 0.15) is 34.2 Å². The Morgan fingerprint density at radius 2 is 2.33 bits per heavy atom. The first-order valence-electron chi connectivity index (χ1n) is 7.36. The van der Waals surface area contributed by atoms with Crippen molar-refractivity contribution in [1.29, 1.82) is 0 Å². The number of aryl methyl sites for hydroxylation is 2. The standard InChI is InChI=1S/C16H20N4O/c1-3-20-15(9-11(2)19-20)16(21)18-14-6-4-5-12-10-17-8-7-13(12)14/h4-6,9,17H,3,7-8,10H2,1-2H3,(H,18,21). The van der Waals surface area contributed by atoms with Gasteiger partial charge in [0.25, 0.3) is 5.91 Å². The summed E-state index contributed by atoms with van der Waals surface area (Å²) in [6, 6.07) is 7.90. The molecule has 1 aliphatic rings. The van der Waals surface area contributed by atoms with E-state index in [2.05, 4.69) is 21.8 Å². The minimum absolute atomic E-state index is 0.0932. The van der Waals surface area contributed by atoms with Crippen LogP contribution in [0, 0.1) is 6.92 Å². The number of hydrogen-bond donors (Lipinski definition) is 2. The zero-order valence-corrected chi connectivity index (χ0v) is 12.4. The second kappa shape index (κ2) is 5.69. The van der Waals surface area contributed by atoms with Crippen LogP contribution in [0.3, 0.4) is 0 Å². The molecule has 0 saturated carbocycles. The predicted octanol–water partition coefficient (Wildman–Crippen LogP) is 2.11. The van der Waals surface area contributed by atoms with E-state index in [1.807, 2.05) is 32.0 Å². The maximum Gasteiger partial charge on any atom is 0.273 e. The minimum atomic E-state index is -0.0932. The van der Waals surface area contributed by atoms with Crippen LogP contribution in [0.15, 0.2) is 24.3 Å². The lowest BCUT2D eigenvalue weighted by molar-refractivity contribution is 0.101. The fourth-order valence-electron chi connectivity index (χ4n) is 2.80. The van der Waals surface area contributed by atoms with Crippen LogP contribution in [-0.2, 0) is 19.5 Å². The Bertz CT molecular complexity index is 675. The maximum absolute atomic E-state index is 12.5. The van der Waals surface area contributed by atoms with Crippen molar-refractivity contribution in [1.82, 2.24) is 15.1 Å². The van der Waals surface area contributed by atoms with Gasteiger partial charge >= 0.3 is 0 Å². The van der Waals surface area contributed by atoms with Crippen LogP contribution in [0.25, 0.3) is 0 Å². The van der Waals surface area contributed by atoms with E-state index < -0.39 is 0 Å². The molecule has 5 heteroatoms. The van der Waals surface area contributed by atoms with E-state index in [1.54, 1.807) is 4.68 Å². The quantitative estimate of drug-likeness (QED) is 0.907. The highest BCUT2D eigenvalue weighted by Crippen LogP contribution is 2.23. The first-order valence-corrected chi connectivity index (χ1v) is 7.36. The molecule has 0 aliphatic carbocycles. The number of carbonyl (C=O) groups is 1. The molecule has 5 nitrogen and oxygen atoms in total. The van der Waals surface area contributed by atoms with Gasteiger partial charge in [0, 0.05) is 18.8 Å². The molecule has 21 heavy (non-hydrogen) atoms. The van der Waals surface area contributed by atoms with E-state index >= 15 is 0 Å². The third-order valence-corrected chi connectivity index (χ3v) is 3.82. The molecular formula is C16H20N4O. The summed E-state index contributed by atoms with van der Waals surface area (Å²) in [7, 11) is 0. The third kappa shape index (κ3) is 2.69. The molecular weight excluding hydrogens is 264 g/mol. The van der Waals surface area contributed by atoms with Crippen molar-refractivity contribution in [3.05, 3.63) is 46.8 Å². The lowest BCUT2D eigenvalue weighted by Crippen LogP contribution is -2.25. The molecule has 1 aromatic carbocycles. The van der Waals surface area contributed by atoms with Gasteiger partial charge in [-0.1, -0.05) is 12.1 Å². The van der Waals surface area contributed by atoms with Gasteiger partial charge < -0.3 is 10.6 Å². The Kier molecular flexibility index (Phi) is 3.75. The van der Waals surface area contributed by atoms with E-state index in [0.717, 1.165) is 30.9 Å². The summed E-state index contributed by atoms with van der Waals surface area (Å²) in [4.78, 5) is 12.5. The van der Waals surface area contributed by atoms with Crippen LogP contribution < -0.4 is 10.6 Å². The molecule has 3 rings (SSSR count). The first-order chi connectivity index (χ1) is 10.2. The van der Waals surface area contributed by atoms with Crippen molar-refractivity contribution in [2.45, 2.75) is 33.4 Å². The molecule has 0 saturated heterocycles. The molecule has 0 spiro atoms. The Morgan fingerprint density at radius 1 is 1.48 bits per heavy atom. The molecule has 1 amide bonds. The number of aromatic nitrogens is 2. The second-order valence-electron chi connectivity index (χ2n) is 5.31. The summed E-state index contributed by atoms with van der Waals surface area (Å²) in [5.41, 5.74) is 4.89. The zero-order chi connectivity index (χ0) is 14.8. The fourth-order valence-corrected chi connectivity index (χ4v) is 2.80. The maximum atomic E-state index is 12.5. The summed E-state index contributed by atoms with van der Waals surface area (Å²) in [6.07, 6.45) is 0.942. The van der Waals surface area contributed by atoms with Crippen molar-refractivity contribution >= 4 is 11.6 Å². The van der Waals surface area contributed by atoms with E-state index in [0.29, 0.717) is 12.2 Å². The number of nitrogens with zero attached hydrogens (tertiary/aromatic N) is 2. The highest BCUT2D eigenvalue weighted by atomic mass is 16.2. The minimum Gasteiger partial charge on any atom is -0.320 e. The number of carbonyl (C=O) groups excluding carboxylic acids is 1. The summed E-state index contributed by atoms with van der Waals surface area (Å²) < 4.78 is 1.74. The summed E-state index contributed by atoms with van der Waals surface area (Å²) in [5.74, 6) is -0.0932. The molecule has 0 fully saturated rings. The molecule has 0 unspecified atom stereocenters. The van der Waals surface area contributed by atoms with E-state index in [9.17, 15) is 4.79 Å². The van der Waals surface area contributed by atoms with Gasteiger partial charge in [-0.05, 0) is 50.1 Å². The van der Waals surface area contributed by atoms with Gasteiger partial charge in [-0.25, -0.2) is 0 Å². The van der Waals surface area contributed by atoms with Crippen molar-refractivity contribution in [3.63, 3.8) is 0 Å². The zero-order valence-electron chi connectivity index (χ0n) is 12.4. The normalized spacial score (nSPS) is 13.8. The van der Waals surface area contributed by atoms with Crippen molar-refractivity contribution in [3.8, 4) is 0 Å². The Labute approximate surface area is 124 Å². The molecule has 0 radical (unpaired) electrons. The number of anilines is 1. The molecule has 2 N–H and O–H groups in total. The molecule has 110 valence electrons. The number of rotatable bonds is 3. The van der Waals surface area contributed by atoms with Gasteiger partial charge in [0.05, 0.1) is 5.69 Å². The Morgan fingerprint density at radius 3 is 3.14 bits per heavy atom. The fraction of sp³-hybridized carbons (Fsp3) is 0.375. The Hall–Kier alpha value is -2.14. The smallest absolute Gasteiger partial charge is 0.273 e. The SMILES string of the molecule is CCn1nc(C)cc1C(=O)Nc1cccc2c1CCNC2. The number of nitrogens with one attached hydrogen (secondary N) is 2. The van der Waals surface area contributed by atoms with Gasteiger partial charge in [-0.3, -0.25) is 9.48 Å². The van der Waals surface area contributed by atoms with Gasteiger partial charge in [0.15, 0.2) is 0 Å². The summed E-state index contributed by atoms with van der Waals surface area (Å²) >= 11 is 0. The highest BCUT2D eigenvalue weighted by Gasteiger charge is 2.17. The second-order valence-corrected chi connectivity index (χ2v) is 5.31. The van der Waals surface area contributed by atoms with Crippen LogP contribution >= 0.6 is 0 Å². The van der Waals surface area contributed by atoms with Crippen LogP contribution in [0.4, 0.5) is 5.69 Å². The topological polar surface area (TPSA) is 59.0 Å². The third-order valence-electron chi connectivity index (χ3n) is 3.82. The molecule has 1 aliphatic heterocycles. The lowest BCUT2D eigenvalue weighted by atomic mass is 9.99. The van der Waals surface area contributed by atoms with Gasteiger partial charge in [-0.15, -0.1) is 0 Å². The lowest BCUT2D eigenvalue weighted by Gasteiger charge is -2.20. The van der Waals surface area contributed by atoms with Crippen molar-refractivity contribution in [2.75, 3.05) is 11.9 Å². The van der Waals surface area contributed by atoms with E-state index in [1.165, 1.54) is 11.1 Å². The Balaban J connectivity index is 1.88. The van der Waals surface area contributed by atoms with Crippen molar-refractivity contribution in [2.24, 2.45) is 0 Å². The molecule has 2 aromatic rings. The predicted molar refractivity (Wildman–Crippen MR) is 82.4 cm³/mol. The van der Waals surface area contributed by atoms with Gasteiger partial charge in [-0.2, -0.15) is 5.10 Å². The molecule has 1 aromatic heterocycles. The van der Waals surface area contributed by atoms with Crippen LogP contribution in [-0.4, -0.2) is 22.2 Å².